The van der Waals surface area contributed by atoms with Crippen LogP contribution in [0, 0.1) is 0 Å². The summed E-state index contributed by atoms with van der Waals surface area (Å²) in [6.45, 7) is 2.60. The monoisotopic (exact) mass is 428 g/mol. The molecule has 7 nitrogen and oxygen atoms in total. The van der Waals surface area contributed by atoms with Crippen molar-refractivity contribution >= 4 is 34.9 Å². The Bertz CT molecular complexity index is 940. The van der Waals surface area contributed by atoms with Crippen molar-refractivity contribution in [2.75, 3.05) is 43.5 Å². The molecule has 8 heteroatoms. The Hall–Kier alpha value is -2.93. The lowest BCUT2D eigenvalue weighted by Crippen LogP contribution is -2.50. The lowest BCUT2D eigenvalue weighted by Gasteiger charge is -2.36. The summed E-state index contributed by atoms with van der Waals surface area (Å²) < 4.78 is 5.44. The highest BCUT2D eigenvalue weighted by Gasteiger charge is 2.26. The van der Waals surface area contributed by atoms with E-state index in [4.69, 9.17) is 16.3 Å². The predicted molar refractivity (Wildman–Crippen MR) is 118 cm³/mol. The Morgan fingerprint density at radius 2 is 1.80 bits per heavy atom. The van der Waals surface area contributed by atoms with Gasteiger partial charge in [0.1, 0.15) is 5.75 Å². The Morgan fingerprint density at radius 1 is 1.07 bits per heavy atom. The zero-order valence-electron chi connectivity index (χ0n) is 16.9. The van der Waals surface area contributed by atoms with Crippen LogP contribution in [0.4, 0.5) is 16.2 Å². The van der Waals surface area contributed by atoms with Crippen LogP contribution in [0.25, 0.3) is 0 Å². The minimum absolute atomic E-state index is 0.189. The summed E-state index contributed by atoms with van der Waals surface area (Å²) in [5.74, 6) is 0.623. The number of carbonyl (C=O) groups excluding carboxylic acids is 2. The topological polar surface area (TPSA) is 73.9 Å². The normalized spacial score (nSPS) is 16.2. The Balaban J connectivity index is 1.36. The third-order valence-corrected chi connectivity index (χ3v) is 5.70. The van der Waals surface area contributed by atoms with Crippen LogP contribution >= 0.6 is 11.6 Å². The van der Waals surface area contributed by atoms with Gasteiger partial charge in [-0.3, -0.25) is 4.79 Å². The lowest BCUT2D eigenvalue weighted by atomic mass is 10.2. The fraction of sp³-hybridized carbons (Fsp3) is 0.364. The highest BCUT2D eigenvalue weighted by Crippen LogP contribution is 2.28. The average molecular weight is 429 g/mol. The number of nitrogens with zero attached hydrogens (tertiary/aromatic N) is 2. The number of halogens is 1. The van der Waals surface area contributed by atoms with Crippen LogP contribution < -0.4 is 20.3 Å². The first-order valence-corrected chi connectivity index (χ1v) is 10.5. The molecule has 1 aliphatic carbocycles. The number of anilines is 2. The van der Waals surface area contributed by atoms with Crippen LogP contribution in [-0.4, -0.2) is 56.2 Å². The number of para-hydroxylation sites is 2. The zero-order valence-corrected chi connectivity index (χ0v) is 17.6. The number of nitrogens with one attached hydrogen (secondary N) is 2. The number of piperazine rings is 1. The van der Waals surface area contributed by atoms with Crippen LogP contribution in [0.2, 0.25) is 5.02 Å². The van der Waals surface area contributed by atoms with E-state index in [0.29, 0.717) is 42.5 Å². The minimum atomic E-state index is -0.205. The fourth-order valence-corrected chi connectivity index (χ4v) is 3.72. The van der Waals surface area contributed by atoms with Crippen LogP contribution in [0.5, 0.6) is 5.75 Å². The second-order valence-electron chi connectivity index (χ2n) is 7.52. The summed E-state index contributed by atoms with van der Waals surface area (Å²) in [6, 6.07) is 12.9. The number of hydrogen-bond donors (Lipinski definition) is 2. The average Bonchev–Trinajstić information content (AvgIpc) is 3.59. The fourth-order valence-electron chi connectivity index (χ4n) is 3.51. The SMILES string of the molecule is COc1ccccc1N1CCN(C(=O)Nc2ccc(Cl)c(C(=O)NC3CC3)c2)CC1. The number of urea groups is 1. The molecule has 2 aromatic carbocycles. The molecule has 0 bridgehead atoms. The molecular formula is C22H25ClN4O3. The van der Waals surface area contributed by atoms with Gasteiger partial charge in [0, 0.05) is 37.9 Å². The van der Waals surface area contributed by atoms with Gasteiger partial charge in [0.05, 0.1) is 23.4 Å². The molecular weight excluding hydrogens is 404 g/mol. The summed E-state index contributed by atoms with van der Waals surface area (Å²) in [7, 11) is 1.66. The van der Waals surface area contributed by atoms with Gasteiger partial charge in [0.2, 0.25) is 0 Å². The molecule has 0 unspecified atom stereocenters. The molecule has 0 spiro atoms. The Labute approximate surface area is 180 Å². The minimum Gasteiger partial charge on any atom is -0.495 e. The summed E-state index contributed by atoms with van der Waals surface area (Å²) in [4.78, 5) is 29.1. The first-order valence-electron chi connectivity index (χ1n) is 10.1. The molecule has 1 heterocycles. The molecule has 2 fully saturated rings. The molecule has 3 amide bonds. The maximum atomic E-state index is 12.7. The highest BCUT2D eigenvalue weighted by atomic mass is 35.5. The number of carbonyl (C=O) groups is 2. The van der Waals surface area contributed by atoms with Crippen LogP contribution in [0.15, 0.2) is 42.5 Å². The predicted octanol–water partition coefficient (Wildman–Crippen LogP) is 3.59. The summed E-state index contributed by atoms with van der Waals surface area (Å²) in [5.41, 5.74) is 1.96. The lowest BCUT2D eigenvalue weighted by molar-refractivity contribution is 0.0951. The number of benzene rings is 2. The van der Waals surface area contributed by atoms with Gasteiger partial charge in [-0.15, -0.1) is 0 Å². The third-order valence-electron chi connectivity index (χ3n) is 5.37. The molecule has 0 aromatic heterocycles. The number of methoxy groups -OCH3 is 1. The largest absolute Gasteiger partial charge is 0.495 e. The van der Waals surface area contributed by atoms with Crippen molar-refractivity contribution < 1.29 is 14.3 Å². The van der Waals surface area contributed by atoms with E-state index >= 15 is 0 Å². The van der Waals surface area contributed by atoms with Gasteiger partial charge >= 0.3 is 6.03 Å². The van der Waals surface area contributed by atoms with Crippen molar-refractivity contribution in [2.24, 2.45) is 0 Å². The molecule has 0 radical (unpaired) electrons. The molecule has 4 rings (SSSR count). The Kier molecular flexibility index (Phi) is 5.99. The standard InChI is InChI=1S/C22H25ClN4O3/c1-30-20-5-3-2-4-19(20)26-10-12-27(13-11-26)22(29)25-16-8-9-18(23)17(14-16)21(28)24-15-6-7-15/h2-5,8-9,14-15H,6-7,10-13H2,1H3,(H,24,28)(H,25,29). The second-order valence-corrected chi connectivity index (χ2v) is 7.93. The van der Waals surface area contributed by atoms with Crippen molar-refractivity contribution in [3.05, 3.63) is 53.1 Å². The third kappa shape index (κ3) is 4.62. The van der Waals surface area contributed by atoms with Gasteiger partial charge in [-0.1, -0.05) is 23.7 Å². The molecule has 30 heavy (non-hydrogen) atoms. The van der Waals surface area contributed by atoms with Gasteiger partial charge < -0.3 is 25.2 Å². The van der Waals surface area contributed by atoms with Crippen LogP contribution in [-0.2, 0) is 0 Å². The van der Waals surface area contributed by atoms with E-state index in [2.05, 4.69) is 15.5 Å². The second kappa shape index (κ2) is 8.83. The van der Waals surface area contributed by atoms with E-state index in [1.54, 1.807) is 30.2 Å². The molecule has 1 aliphatic heterocycles. The van der Waals surface area contributed by atoms with Gasteiger partial charge in [-0.2, -0.15) is 0 Å². The first-order chi connectivity index (χ1) is 14.5. The number of ether oxygens (including phenoxy) is 1. The summed E-state index contributed by atoms with van der Waals surface area (Å²) in [5, 5.41) is 6.18. The van der Waals surface area contributed by atoms with Crippen molar-refractivity contribution in [3.8, 4) is 5.75 Å². The highest BCUT2D eigenvalue weighted by molar-refractivity contribution is 6.34. The molecule has 1 saturated carbocycles. The maximum absolute atomic E-state index is 12.7. The van der Waals surface area contributed by atoms with Crippen molar-refractivity contribution in [1.29, 1.82) is 0 Å². The maximum Gasteiger partial charge on any atom is 0.321 e. The number of amides is 3. The molecule has 2 N–H and O–H groups in total. The van der Waals surface area contributed by atoms with Crippen molar-refractivity contribution in [2.45, 2.75) is 18.9 Å². The number of rotatable bonds is 5. The van der Waals surface area contributed by atoms with E-state index in [1.165, 1.54) is 0 Å². The Morgan fingerprint density at radius 3 is 2.50 bits per heavy atom. The first kappa shape index (κ1) is 20.3. The van der Waals surface area contributed by atoms with E-state index < -0.39 is 0 Å². The van der Waals surface area contributed by atoms with E-state index in [9.17, 15) is 9.59 Å². The molecule has 2 aliphatic rings. The smallest absolute Gasteiger partial charge is 0.321 e. The molecule has 2 aromatic rings. The van der Waals surface area contributed by atoms with Gasteiger partial charge in [0.25, 0.3) is 5.91 Å². The van der Waals surface area contributed by atoms with Gasteiger partial charge in [0.15, 0.2) is 0 Å². The molecule has 0 atom stereocenters. The molecule has 1 saturated heterocycles. The van der Waals surface area contributed by atoms with E-state index in [0.717, 1.165) is 24.3 Å². The number of hydrogen-bond acceptors (Lipinski definition) is 4. The van der Waals surface area contributed by atoms with E-state index in [1.807, 2.05) is 24.3 Å². The zero-order chi connectivity index (χ0) is 21.1. The van der Waals surface area contributed by atoms with Gasteiger partial charge in [-0.05, 0) is 43.2 Å². The van der Waals surface area contributed by atoms with Gasteiger partial charge in [-0.25, -0.2) is 4.79 Å². The van der Waals surface area contributed by atoms with Crippen LogP contribution in [0.3, 0.4) is 0 Å². The van der Waals surface area contributed by atoms with Crippen molar-refractivity contribution in [1.82, 2.24) is 10.2 Å². The van der Waals surface area contributed by atoms with Crippen molar-refractivity contribution in [3.63, 3.8) is 0 Å². The summed E-state index contributed by atoms with van der Waals surface area (Å²) in [6.07, 6.45) is 2.00. The van der Waals surface area contributed by atoms with Crippen LogP contribution in [0.1, 0.15) is 23.2 Å². The molecule has 158 valence electrons. The quantitative estimate of drug-likeness (QED) is 0.763. The van der Waals surface area contributed by atoms with E-state index in [-0.39, 0.29) is 18.0 Å². The summed E-state index contributed by atoms with van der Waals surface area (Å²) >= 11 is 6.18.